The molecule has 18 heavy (non-hydrogen) atoms. The molecule has 3 nitrogen and oxygen atoms in total. The molecule has 1 aliphatic heterocycles. The fraction of sp³-hybridized carbons (Fsp3) is 1.00. The highest BCUT2D eigenvalue weighted by Gasteiger charge is 2.30. The first-order valence-corrected chi connectivity index (χ1v) is 7.85. The standard InChI is InChI=1S/C15H30N2O/c1-3-17(12-13-8-6-7-11-16-13)14-9-4-5-10-15(14)18-2/h13-16H,3-12H2,1-2H3. The largest absolute Gasteiger partial charge is 0.380 e. The minimum absolute atomic E-state index is 0.460. The Labute approximate surface area is 112 Å². The third kappa shape index (κ3) is 3.69. The van der Waals surface area contributed by atoms with Gasteiger partial charge in [0.05, 0.1) is 6.10 Å². The van der Waals surface area contributed by atoms with Gasteiger partial charge in [-0.05, 0) is 38.8 Å². The van der Waals surface area contributed by atoms with Gasteiger partial charge < -0.3 is 10.1 Å². The third-order valence-corrected chi connectivity index (χ3v) is 4.71. The van der Waals surface area contributed by atoms with E-state index in [1.165, 1.54) is 58.0 Å². The molecule has 0 aromatic carbocycles. The summed E-state index contributed by atoms with van der Waals surface area (Å²) in [5.41, 5.74) is 0. The highest BCUT2D eigenvalue weighted by Crippen LogP contribution is 2.25. The summed E-state index contributed by atoms with van der Waals surface area (Å²) in [6.45, 7) is 5.87. The summed E-state index contributed by atoms with van der Waals surface area (Å²) >= 11 is 0. The van der Waals surface area contributed by atoms with Crippen molar-refractivity contribution in [3.8, 4) is 0 Å². The van der Waals surface area contributed by atoms with Gasteiger partial charge in [0.25, 0.3) is 0 Å². The minimum atomic E-state index is 0.460. The van der Waals surface area contributed by atoms with Crippen molar-refractivity contribution in [1.82, 2.24) is 10.2 Å². The summed E-state index contributed by atoms with van der Waals surface area (Å²) in [5.74, 6) is 0. The normalized spacial score (nSPS) is 33.8. The lowest BCUT2D eigenvalue weighted by atomic mass is 9.90. The number of hydrogen-bond donors (Lipinski definition) is 1. The molecule has 2 aliphatic rings. The molecule has 0 spiro atoms. The van der Waals surface area contributed by atoms with Gasteiger partial charge in [0.15, 0.2) is 0 Å². The monoisotopic (exact) mass is 254 g/mol. The summed E-state index contributed by atoms with van der Waals surface area (Å²) in [6, 6.07) is 1.36. The van der Waals surface area contributed by atoms with Gasteiger partial charge in [-0.15, -0.1) is 0 Å². The molecule has 3 atom stereocenters. The van der Waals surface area contributed by atoms with Crippen LogP contribution in [0.2, 0.25) is 0 Å². The molecule has 1 N–H and O–H groups in total. The third-order valence-electron chi connectivity index (χ3n) is 4.71. The van der Waals surface area contributed by atoms with E-state index < -0.39 is 0 Å². The van der Waals surface area contributed by atoms with Crippen molar-refractivity contribution in [2.45, 2.75) is 70.1 Å². The van der Waals surface area contributed by atoms with Crippen LogP contribution in [-0.2, 0) is 4.74 Å². The number of hydrogen-bond acceptors (Lipinski definition) is 3. The molecule has 1 saturated heterocycles. The lowest BCUT2D eigenvalue weighted by Gasteiger charge is -2.41. The second kappa shape index (κ2) is 7.46. The second-order valence-corrected chi connectivity index (χ2v) is 5.86. The van der Waals surface area contributed by atoms with Crippen molar-refractivity contribution in [2.24, 2.45) is 0 Å². The van der Waals surface area contributed by atoms with Crippen LogP contribution in [0, 0.1) is 0 Å². The maximum Gasteiger partial charge on any atom is 0.0726 e. The Morgan fingerprint density at radius 2 is 1.89 bits per heavy atom. The Morgan fingerprint density at radius 1 is 1.11 bits per heavy atom. The first-order valence-electron chi connectivity index (χ1n) is 7.85. The number of piperidine rings is 1. The molecule has 2 fully saturated rings. The fourth-order valence-electron chi connectivity index (χ4n) is 3.63. The second-order valence-electron chi connectivity index (χ2n) is 5.86. The molecular formula is C15H30N2O. The van der Waals surface area contributed by atoms with E-state index in [0.717, 1.165) is 6.54 Å². The van der Waals surface area contributed by atoms with E-state index in [9.17, 15) is 0 Å². The van der Waals surface area contributed by atoms with Gasteiger partial charge in [-0.25, -0.2) is 0 Å². The number of nitrogens with one attached hydrogen (secondary N) is 1. The molecule has 1 heterocycles. The molecule has 106 valence electrons. The quantitative estimate of drug-likeness (QED) is 0.815. The van der Waals surface area contributed by atoms with E-state index in [2.05, 4.69) is 17.1 Å². The van der Waals surface area contributed by atoms with E-state index in [-0.39, 0.29) is 0 Å². The van der Waals surface area contributed by atoms with Crippen LogP contribution in [0.4, 0.5) is 0 Å². The molecule has 3 unspecified atom stereocenters. The van der Waals surface area contributed by atoms with Gasteiger partial charge in [0.1, 0.15) is 0 Å². The van der Waals surface area contributed by atoms with Gasteiger partial charge in [-0.1, -0.05) is 26.2 Å². The van der Waals surface area contributed by atoms with Crippen LogP contribution in [0.5, 0.6) is 0 Å². The number of likely N-dealkylation sites (N-methyl/N-ethyl adjacent to an activating group) is 1. The topological polar surface area (TPSA) is 24.5 Å². The number of nitrogens with zero attached hydrogens (tertiary/aromatic N) is 1. The zero-order chi connectivity index (χ0) is 12.8. The van der Waals surface area contributed by atoms with Crippen molar-refractivity contribution in [3.63, 3.8) is 0 Å². The van der Waals surface area contributed by atoms with Crippen molar-refractivity contribution in [2.75, 3.05) is 26.7 Å². The Balaban J connectivity index is 1.89. The smallest absolute Gasteiger partial charge is 0.0726 e. The molecule has 0 aromatic heterocycles. The van der Waals surface area contributed by atoms with Gasteiger partial charge >= 0.3 is 0 Å². The van der Waals surface area contributed by atoms with Gasteiger partial charge in [-0.2, -0.15) is 0 Å². The molecule has 2 rings (SSSR count). The zero-order valence-electron chi connectivity index (χ0n) is 12.2. The number of rotatable bonds is 5. The molecule has 0 radical (unpaired) electrons. The van der Waals surface area contributed by atoms with Crippen LogP contribution in [0.25, 0.3) is 0 Å². The van der Waals surface area contributed by atoms with Crippen molar-refractivity contribution in [1.29, 1.82) is 0 Å². The lowest BCUT2D eigenvalue weighted by Crippen LogP contribution is -2.52. The predicted octanol–water partition coefficient (Wildman–Crippen LogP) is 2.41. The maximum atomic E-state index is 5.71. The first kappa shape index (κ1) is 14.3. The lowest BCUT2D eigenvalue weighted by molar-refractivity contribution is -0.0131. The predicted molar refractivity (Wildman–Crippen MR) is 75.9 cm³/mol. The summed E-state index contributed by atoms with van der Waals surface area (Å²) in [5, 5.41) is 3.67. The molecule has 0 aromatic rings. The van der Waals surface area contributed by atoms with Crippen LogP contribution in [-0.4, -0.2) is 49.8 Å². The van der Waals surface area contributed by atoms with Crippen LogP contribution < -0.4 is 5.32 Å². The number of methoxy groups -OCH3 is 1. The molecule has 0 amide bonds. The molecule has 1 saturated carbocycles. The molecular weight excluding hydrogens is 224 g/mol. The summed E-state index contributed by atoms with van der Waals surface area (Å²) in [7, 11) is 1.88. The van der Waals surface area contributed by atoms with Crippen molar-refractivity contribution in [3.05, 3.63) is 0 Å². The highest BCUT2D eigenvalue weighted by atomic mass is 16.5. The van der Waals surface area contributed by atoms with E-state index in [4.69, 9.17) is 4.74 Å². The van der Waals surface area contributed by atoms with E-state index in [1.807, 2.05) is 7.11 Å². The van der Waals surface area contributed by atoms with E-state index in [0.29, 0.717) is 18.2 Å². The van der Waals surface area contributed by atoms with Gasteiger partial charge in [0, 0.05) is 25.7 Å². The Bertz CT molecular complexity index is 229. The van der Waals surface area contributed by atoms with E-state index in [1.54, 1.807) is 0 Å². The Kier molecular flexibility index (Phi) is 5.93. The first-order chi connectivity index (χ1) is 8.85. The summed E-state index contributed by atoms with van der Waals surface area (Å²) in [6.07, 6.45) is 9.84. The average molecular weight is 254 g/mol. The molecule has 3 heteroatoms. The summed E-state index contributed by atoms with van der Waals surface area (Å²) < 4.78 is 5.71. The SMILES string of the molecule is CCN(CC1CCCCN1)C1CCCCC1OC. The Hall–Kier alpha value is -0.120. The highest BCUT2D eigenvalue weighted by molar-refractivity contribution is 4.86. The van der Waals surface area contributed by atoms with Crippen molar-refractivity contribution >= 4 is 0 Å². The summed E-state index contributed by atoms with van der Waals surface area (Å²) in [4.78, 5) is 2.66. The van der Waals surface area contributed by atoms with Gasteiger partial charge in [0.2, 0.25) is 0 Å². The van der Waals surface area contributed by atoms with Crippen LogP contribution in [0.3, 0.4) is 0 Å². The van der Waals surface area contributed by atoms with Gasteiger partial charge in [-0.3, -0.25) is 4.90 Å². The molecule has 0 bridgehead atoms. The van der Waals surface area contributed by atoms with Crippen LogP contribution >= 0.6 is 0 Å². The Morgan fingerprint density at radius 3 is 2.56 bits per heavy atom. The van der Waals surface area contributed by atoms with Crippen LogP contribution in [0.15, 0.2) is 0 Å². The zero-order valence-corrected chi connectivity index (χ0v) is 12.2. The average Bonchev–Trinajstić information content (AvgIpc) is 2.46. The number of ether oxygens (including phenoxy) is 1. The maximum absolute atomic E-state index is 5.71. The fourth-order valence-corrected chi connectivity index (χ4v) is 3.63. The van der Waals surface area contributed by atoms with Crippen molar-refractivity contribution < 1.29 is 4.74 Å². The molecule has 1 aliphatic carbocycles. The minimum Gasteiger partial charge on any atom is -0.380 e. The van der Waals surface area contributed by atoms with E-state index >= 15 is 0 Å². The van der Waals surface area contributed by atoms with Crippen LogP contribution in [0.1, 0.15) is 51.9 Å².